The van der Waals surface area contributed by atoms with Gasteiger partial charge in [-0.05, 0) is 91.3 Å². The Morgan fingerprint density at radius 3 is 2.27 bits per heavy atom. The molecule has 0 spiro atoms. The van der Waals surface area contributed by atoms with Gasteiger partial charge in [-0.2, -0.15) is 0 Å². The number of carbonyl (C=O) groups excluding carboxylic acids is 2. The quantitative estimate of drug-likeness (QED) is 0.156. The van der Waals surface area contributed by atoms with Gasteiger partial charge >= 0.3 is 0 Å². The third kappa shape index (κ3) is 8.49. The van der Waals surface area contributed by atoms with Crippen molar-refractivity contribution in [1.29, 1.82) is 0 Å². The summed E-state index contributed by atoms with van der Waals surface area (Å²) in [7, 11) is 1.89. The van der Waals surface area contributed by atoms with Gasteiger partial charge in [-0.3, -0.25) is 24.5 Å². The number of nitrogens with zero attached hydrogens (tertiary/aromatic N) is 4. The molecular formula is C36H38N6O2. The maximum absolute atomic E-state index is 12.8. The van der Waals surface area contributed by atoms with Crippen LogP contribution in [0.25, 0.3) is 10.8 Å². The molecule has 44 heavy (non-hydrogen) atoms. The SMILES string of the molecule is CC(=O)c1ccc2cc(N(C)CC(=O)Nc3ccc(NCCN(Cc4ccccn4)Cc4cccc(C)n4)cc3)ccc2c1. The Morgan fingerprint density at radius 2 is 1.52 bits per heavy atom. The average Bonchev–Trinajstić information content (AvgIpc) is 3.01. The van der Waals surface area contributed by atoms with E-state index < -0.39 is 0 Å². The first-order valence-corrected chi connectivity index (χ1v) is 14.8. The van der Waals surface area contributed by atoms with Gasteiger partial charge in [-0.1, -0.05) is 30.3 Å². The number of likely N-dealkylation sites (N-methyl/N-ethyl adjacent to an activating group) is 1. The van der Waals surface area contributed by atoms with E-state index >= 15 is 0 Å². The van der Waals surface area contributed by atoms with Gasteiger partial charge in [0.2, 0.25) is 5.91 Å². The van der Waals surface area contributed by atoms with Crippen molar-refractivity contribution in [2.75, 3.05) is 42.2 Å². The maximum atomic E-state index is 12.8. The van der Waals surface area contributed by atoms with E-state index in [0.29, 0.717) is 5.56 Å². The fourth-order valence-electron chi connectivity index (χ4n) is 5.08. The van der Waals surface area contributed by atoms with E-state index in [4.69, 9.17) is 0 Å². The number of Topliss-reactive ketones (excluding diaryl/α,β-unsaturated/α-hetero) is 1. The molecule has 8 nitrogen and oxygen atoms in total. The number of benzene rings is 3. The minimum absolute atomic E-state index is 0.0449. The highest BCUT2D eigenvalue weighted by atomic mass is 16.2. The first-order chi connectivity index (χ1) is 21.3. The van der Waals surface area contributed by atoms with Crippen molar-refractivity contribution in [2.45, 2.75) is 26.9 Å². The number of nitrogens with one attached hydrogen (secondary N) is 2. The number of aryl methyl sites for hydroxylation is 1. The number of fused-ring (bicyclic) bond motifs is 1. The average molecular weight is 587 g/mol. The van der Waals surface area contributed by atoms with Crippen LogP contribution in [-0.2, 0) is 17.9 Å². The van der Waals surface area contributed by atoms with E-state index in [-0.39, 0.29) is 18.2 Å². The maximum Gasteiger partial charge on any atom is 0.243 e. The second kappa shape index (κ2) is 14.4. The molecule has 0 unspecified atom stereocenters. The van der Waals surface area contributed by atoms with Crippen molar-refractivity contribution in [3.8, 4) is 0 Å². The molecule has 224 valence electrons. The van der Waals surface area contributed by atoms with Crippen LogP contribution >= 0.6 is 0 Å². The monoisotopic (exact) mass is 586 g/mol. The number of pyridine rings is 2. The summed E-state index contributed by atoms with van der Waals surface area (Å²) in [6.07, 6.45) is 1.82. The minimum Gasteiger partial charge on any atom is -0.384 e. The molecular weight excluding hydrogens is 548 g/mol. The van der Waals surface area contributed by atoms with Crippen LogP contribution in [0.3, 0.4) is 0 Å². The smallest absolute Gasteiger partial charge is 0.243 e. The highest BCUT2D eigenvalue weighted by Gasteiger charge is 2.11. The first-order valence-electron chi connectivity index (χ1n) is 14.8. The van der Waals surface area contributed by atoms with Crippen LogP contribution in [0.1, 0.15) is 34.4 Å². The lowest BCUT2D eigenvalue weighted by Crippen LogP contribution is -2.30. The molecule has 0 atom stereocenters. The summed E-state index contributed by atoms with van der Waals surface area (Å²) in [6.45, 7) is 6.81. The summed E-state index contributed by atoms with van der Waals surface area (Å²) < 4.78 is 0. The van der Waals surface area contributed by atoms with Crippen molar-refractivity contribution < 1.29 is 9.59 Å². The Morgan fingerprint density at radius 1 is 0.795 bits per heavy atom. The molecule has 0 radical (unpaired) electrons. The van der Waals surface area contributed by atoms with Crippen LogP contribution in [-0.4, -0.2) is 53.2 Å². The van der Waals surface area contributed by atoms with Gasteiger partial charge in [0.25, 0.3) is 0 Å². The molecule has 0 saturated carbocycles. The molecule has 5 rings (SSSR count). The zero-order chi connectivity index (χ0) is 30.9. The molecule has 0 saturated heterocycles. The number of rotatable bonds is 13. The molecule has 3 aromatic carbocycles. The lowest BCUT2D eigenvalue weighted by molar-refractivity contribution is -0.114. The second-order valence-corrected chi connectivity index (χ2v) is 11.0. The first kappa shape index (κ1) is 30.4. The van der Waals surface area contributed by atoms with Crippen molar-refractivity contribution in [2.24, 2.45) is 0 Å². The fraction of sp³-hybridized carbons (Fsp3) is 0.222. The number of ketones is 1. The molecule has 0 bridgehead atoms. The van der Waals surface area contributed by atoms with E-state index in [1.54, 1.807) is 6.92 Å². The molecule has 5 aromatic rings. The molecule has 2 heterocycles. The Balaban J connectivity index is 1.12. The largest absolute Gasteiger partial charge is 0.384 e. The second-order valence-electron chi connectivity index (χ2n) is 11.0. The Kier molecular flexibility index (Phi) is 9.94. The van der Waals surface area contributed by atoms with E-state index in [1.807, 2.05) is 116 Å². The molecule has 2 aromatic heterocycles. The topological polar surface area (TPSA) is 90.5 Å². The van der Waals surface area contributed by atoms with Gasteiger partial charge in [0.05, 0.1) is 17.9 Å². The highest BCUT2D eigenvalue weighted by Crippen LogP contribution is 2.23. The lowest BCUT2D eigenvalue weighted by atomic mass is 10.0. The summed E-state index contributed by atoms with van der Waals surface area (Å²) in [5.41, 5.74) is 6.42. The van der Waals surface area contributed by atoms with Crippen molar-refractivity contribution >= 4 is 39.5 Å². The van der Waals surface area contributed by atoms with Crippen LogP contribution < -0.4 is 15.5 Å². The molecule has 2 N–H and O–H groups in total. The zero-order valence-corrected chi connectivity index (χ0v) is 25.5. The fourth-order valence-corrected chi connectivity index (χ4v) is 5.08. The van der Waals surface area contributed by atoms with Crippen LogP contribution in [0, 0.1) is 6.92 Å². The van der Waals surface area contributed by atoms with Gasteiger partial charge in [-0.15, -0.1) is 0 Å². The third-order valence-electron chi connectivity index (χ3n) is 7.42. The van der Waals surface area contributed by atoms with E-state index in [2.05, 4.69) is 31.6 Å². The summed E-state index contributed by atoms with van der Waals surface area (Å²) in [5.74, 6) is -0.0568. The Labute approximate surface area is 258 Å². The summed E-state index contributed by atoms with van der Waals surface area (Å²) >= 11 is 0. The normalized spacial score (nSPS) is 11.0. The molecule has 1 amide bonds. The highest BCUT2D eigenvalue weighted by molar-refractivity contribution is 5.99. The summed E-state index contributed by atoms with van der Waals surface area (Å²) in [5, 5.41) is 8.51. The van der Waals surface area contributed by atoms with Crippen LogP contribution in [0.15, 0.2) is 103 Å². The number of carbonyl (C=O) groups is 2. The number of hydrogen-bond donors (Lipinski definition) is 2. The Hall–Kier alpha value is -5.08. The standard InChI is InChI=1S/C36H38N6O2/c1-26-7-6-9-34(39-26)24-42(23-33-8-4-5-18-37-33)20-19-38-31-13-15-32(16-14-31)40-36(44)25-41(3)35-17-12-29-21-28(27(2)43)10-11-30(29)22-35/h4-18,21-22,38H,19-20,23-25H2,1-3H3,(H,40,44). The third-order valence-corrected chi connectivity index (χ3v) is 7.42. The molecule has 0 aliphatic rings. The van der Waals surface area contributed by atoms with Crippen molar-refractivity contribution in [1.82, 2.24) is 14.9 Å². The van der Waals surface area contributed by atoms with E-state index in [1.165, 1.54) is 0 Å². The zero-order valence-electron chi connectivity index (χ0n) is 25.5. The van der Waals surface area contributed by atoms with Crippen molar-refractivity contribution in [3.63, 3.8) is 0 Å². The number of aromatic nitrogens is 2. The molecule has 0 aliphatic carbocycles. The van der Waals surface area contributed by atoms with E-state index in [0.717, 1.165) is 71.1 Å². The lowest BCUT2D eigenvalue weighted by Gasteiger charge is -2.22. The van der Waals surface area contributed by atoms with Crippen LogP contribution in [0.5, 0.6) is 0 Å². The molecule has 8 heteroatoms. The van der Waals surface area contributed by atoms with Gasteiger partial charge in [-0.25, -0.2) is 0 Å². The van der Waals surface area contributed by atoms with Crippen LogP contribution in [0.2, 0.25) is 0 Å². The van der Waals surface area contributed by atoms with Crippen molar-refractivity contribution in [3.05, 3.63) is 126 Å². The van der Waals surface area contributed by atoms with Gasteiger partial charge in [0.15, 0.2) is 5.78 Å². The molecule has 0 aliphatic heterocycles. The Bertz CT molecular complexity index is 1720. The van der Waals surface area contributed by atoms with E-state index in [9.17, 15) is 9.59 Å². The summed E-state index contributed by atoms with van der Waals surface area (Å²) in [6, 6.07) is 31.5. The van der Waals surface area contributed by atoms with Gasteiger partial charge in [0, 0.05) is 67.7 Å². The van der Waals surface area contributed by atoms with Gasteiger partial charge < -0.3 is 15.5 Å². The number of hydrogen-bond acceptors (Lipinski definition) is 7. The minimum atomic E-state index is -0.102. The number of amides is 1. The predicted molar refractivity (Wildman–Crippen MR) is 178 cm³/mol. The van der Waals surface area contributed by atoms with Crippen LogP contribution in [0.4, 0.5) is 17.1 Å². The summed E-state index contributed by atoms with van der Waals surface area (Å²) in [4.78, 5) is 37.9. The predicted octanol–water partition coefficient (Wildman–Crippen LogP) is 6.33. The number of anilines is 3. The molecule has 0 fully saturated rings. The van der Waals surface area contributed by atoms with Gasteiger partial charge in [0.1, 0.15) is 0 Å².